The van der Waals surface area contributed by atoms with Crippen LogP contribution in [0.4, 0.5) is 0 Å². The number of amides is 3. The Morgan fingerprint density at radius 1 is 1.10 bits per heavy atom. The van der Waals surface area contributed by atoms with E-state index in [1.807, 2.05) is 49.1 Å². The number of allylic oxidation sites excluding steroid dienone is 2. The fraction of sp³-hybridized carbons (Fsp3) is 0.548. The number of benzene rings is 1. The van der Waals surface area contributed by atoms with Gasteiger partial charge in [-0.3, -0.25) is 19.1 Å². The van der Waals surface area contributed by atoms with Gasteiger partial charge in [-0.15, -0.1) is 0 Å². The van der Waals surface area contributed by atoms with Crippen LogP contribution in [0.25, 0.3) is 0 Å². The van der Waals surface area contributed by atoms with E-state index in [-0.39, 0.29) is 35.7 Å². The molecule has 3 amide bonds. The first-order chi connectivity index (χ1) is 19.4. The fourth-order valence-electron chi connectivity index (χ4n) is 6.22. The summed E-state index contributed by atoms with van der Waals surface area (Å²) in [5.74, 6) is -0.208. The lowest BCUT2D eigenvalue weighted by Gasteiger charge is -2.40. The molecule has 214 valence electrons. The zero-order chi connectivity index (χ0) is 28.1. The number of aromatic nitrogens is 2. The second-order valence-corrected chi connectivity index (χ2v) is 11.7. The van der Waals surface area contributed by atoms with Crippen molar-refractivity contribution >= 4 is 17.7 Å². The molecule has 1 spiro atoms. The number of carbonyl (C=O) groups is 3. The molecule has 2 aromatic rings. The Labute approximate surface area is 236 Å². The second-order valence-electron chi connectivity index (χ2n) is 11.7. The van der Waals surface area contributed by atoms with Gasteiger partial charge in [-0.2, -0.15) is 5.10 Å². The number of nitrogens with zero attached hydrogens (tertiary/aromatic N) is 3. The quantitative estimate of drug-likeness (QED) is 0.572. The van der Waals surface area contributed by atoms with Crippen LogP contribution in [0.3, 0.4) is 0 Å². The smallest absolute Gasteiger partial charge is 0.272 e. The first kappa shape index (κ1) is 28.1. The van der Waals surface area contributed by atoms with Crippen molar-refractivity contribution in [3.05, 3.63) is 66.0 Å². The molecule has 40 heavy (non-hydrogen) atoms. The molecule has 4 heterocycles. The summed E-state index contributed by atoms with van der Waals surface area (Å²) in [6, 6.07) is 10.9. The van der Waals surface area contributed by atoms with Crippen LogP contribution in [0, 0.1) is 11.3 Å². The van der Waals surface area contributed by atoms with Crippen LogP contribution in [0.5, 0.6) is 0 Å². The van der Waals surface area contributed by atoms with Gasteiger partial charge in [0.2, 0.25) is 11.8 Å². The van der Waals surface area contributed by atoms with E-state index in [0.29, 0.717) is 64.1 Å². The largest absolute Gasteiger partial charge is 0.381 e. The molecule has 0 radical (unpaired) electrons. The van der Waals surface area contributed by atoms with Gasteiger partial charge >= 0.3 is 0 Å². The number of piperidine rings is 1. The topological polar surface area (TPSA) is 106 Å². The Kier molecular flexibility index (Phi) is 8.69. The third-order valence-corrected chi connectivity index (χ3v) is 8.68. The molecule has 0 aliphatic carbocycles. The number of nitrogens with one attached hydrogen (secondary N) is 2. The minimum atomic E-state index is -0.682. The lowest BCUT2D eigenvalue weighted by atomic mass is 9.75. The van der Waals surface area contributed by atoms with Crippen molar-refractivity contribution in [1.82, 2.24) is 25.3 Å². The summed E-state index contributed by atoms with van der Waals surface area (Å²) in [5.41, 5.74) is 0.995. The number of ether oxygens (including phenoxy) is 1. The van der Waals surface area contributed by atoms with Crippen molar-refractivity contribution in [3.8, 4) is 0 Å². The average Bonchev–Trinajstić information content (AvgIpc) is 3.46. The zero-order valence-electron chi connectivity index (χ0n) is 23.6. The van der Waals surface area contributed by atoms with Crippen molar-refractivity contribution < 1.29 is 19.1 Å². The molecule has 9 heteroatoms. The highest BCUT2D eigenvalue weighted by Crippen LogP contribution is 2.36. The molecule has 5 rings (SSSR count). The lowest BCUT2D eigenvalue weighted by molar-refractivity contribution is -0.140. The molecule has 0 saturated carbocycles. The molecule has 1 aromatic heterocycles. The number of likely N-dealkylation sites (tertiary alicyclic amines) is 1. The summed E-state index contributed by atoms with van der Waals surface area (Å²) in [6.45, 7) is 6.19. The van der Waals surface area contributed by atoms with Gasteiger partial charge in [0, 0.05) is 56.9 Å². The third-order valence-electron chi connectivity index (χ3n) is 8.68. The van der Waals surface area contributed by atoms with Gasteiger partial charge in [0.15, 0.2) is 0 Å². The standard InChI is InChI=1S/C31H41N5O4/c1-22(2)36-27(11-16-32-36)29(38)35-17-12-25-24(21-35)10-6-7-13-31(14-18-40-19-15-31)30(39)34-26(28(37)33-25)20-23-8-4-3-5-9-23/h3-9,11,16,22,24-26H,10,12-15,17-21H2,1-2H3,(H,33,37)(H,34,39)/b7-6+/t24-,25+,26-/m1/s1. The van der Waals surface area contributed by atoms with Gasteiger partial charge in [-0.05, 0) is 57.6 Å². The maximum Gasteiger partial charge on any atom is 0.272 e. The van der Waals surface area contributed by atoms with E-state index in [1.165, 1.54) is 0 Å². The van der Waals surface area contributed by atoms with Gasteiger partial charge in [0.25, 0.3) is 5.91 Å². The van der Waals surface area contributed by atoms with E-state index in [4.69, 9.17) is 4.74 Å². The highest BCUT2D eigenvalue weighted by atomic mass is 16.5. The summed E-state index contributed by atoms with van der Waals surface area (Å²) in [7, 11) is 0. The van der Waals surface area contributed by atoms with Crippen LogP contribution in [0.1, 0.15) is 68.0 Å². The van der Waals surface area contributed by atoms with E-state index in [0.717, 1.165) is 12.0 Å². The fourth-order valence-corrected chi connectivity index (χ4v) is 6.22. The van der Waals surface area contributed by atoms with Crippen LogP contribution >= 0.6 is 0 Å². The maximum absolute atomic E-state index is 13.8. The SMILES string of the molecule is CC(C)n1nccc1C(=O)N1CC[C@@H]2NC(=O)[C@@H](Cc3ccccc3)NC(=O)C3(C/C=C/C[C@@H]2C1)CCOCC3. The molecule has 0 unspecified atom stereocenters. The summed E-state index contributed by atoms with van der Waals surface area (Å²) in [5, 5.41) is 10.8. The lowest BCUT2D eigenvalue weighted by Crippen LogP contribution is -2.58. The van der Waals surface area contributed by atoms with Crippen molar-refractivity contribution in [1.29, 1.82) is 0 Å². The van der Waals surface area contributed by atoms with Crippen LogP contribution in [-0.2, 0) is 20.7 Å². The Balaban J connectivity index is 1.39. The van der Waals surface area contributed by atoms with Gasteiger partial charge in [-0.25, -0.2) is 0 Å². The summed E-state index contributed by atoms with van der Waals surface area (Å²) >= 11 is 0. The number of carbonyl (C=O) groups excluding carboxylic acids is 3. The molecular weight excluding hydrogens is 506 g/mol. The van der Waals surface area contributed by atoms with Crippen LogP contribution in [0.2, 0.25) is 0 Å². The minimum absolute atomic E-state index is 0.0264. The molecule has 2 fully saturated rings. The first-order valence-electron chi connectivity index (χ1n) is 14.6. The van der Waals surface area contributed by atoms with Crippen LogP contribution in [0.15, 0.2) is 54.7 Å². The van der Waals surface area contributed by atoms with Gasteiger partial charge in [0.1, 0.15) is 11.7 Å². The van der Waals surface area contributed by atoms with Crippen LogP contribution < -0.4 is 10.6 Å². The van der Waals surface area contributed by atoms with E-state index in [2.05, 4.69) is 27.9 Å². The Hall–Kier alpha value is -3.46. The van der Waals surface area contributed by atoms with Gasteiger partial charge < -0.3 is 20.3 Å². The summed E-state index contributed by atoms with van der Waals surface area (Å²) in [6.07, 6.45) is 9.57. The number of hydrogen-bond donors (Lipinski definition) is 2. The zero-order valence-corrected chi connectivity index (χ0v) is 23.6. The van der Waals surface area contributed by atoms with E-state index in [9.17, 15) is 14.4 Å². The Morgan fingerprint density at radius 2 is 1.88 bits per heavy atom. The number of hydrogen-bond acceptors (Lipinski definition) is 5. The second kappa shape index (κ2) is 12.4. The number of rotatable bonds is 4. The molecule has 2 saturated heterocycles. The predicted molar refractivity (Wildman–Crippen MR) is 151 cm³/mol. The third kappa shape index (κ3) is 6.14. The highest BCUT2D eigenvalue weighted by Gasteiger charge is 2.42. The van der Waals surface area contributed by atoms with E-state index in [1.54, 1.807) is 16.9 Å². The maximum atomic E-state index is 13.8. The minimum Gasteiger partial charge on any atom is -0.381 e. The Bertz CT molecular complexity index is 1220. The molecule has 3 aliphatic heterocycles. The van der Waals surface area contributed by atoms with E-state index < -0.39 is 11.5 Å². The molecular formula is C31H41N5O4. The van der Waals surface area contributed by atoms with Crippen LogP contribution in [-0.4, -0.2) is 70.8 Å². The predicted octanol–water partition coefficient (Wildman–Crippen LogP) is 3.29. The molecule has 3 atom stereocenters. The highest BCUT2D eigenvalue weighted by molar-refractivity contribution is 5.93. The molecule has 1 aromatic carbocycles. The number of fused-ring (bicyclic) bond motifs is 1. The van der Waals surface area contributed by atoms with Gasteiger partial charge in [0.05, 0.1) is 5.41 Å². The van der Waals surface area contributed by atoms with Crippen molar-refractivity contribution in [3.63, 3.8) is 0 Å². The van der Waals surface area contributed by atoms with Crippen molar-refractivity contribution in [2.24, 2.45) is 11.3 Å². The molecule has 3 aliphatic rings. The van der Waals surface area contributed by atoms with E-state index >= 15 is 0 Å². The molecule has 9 nitrogen and oxygen atoms in total. The van der Waals surface area contributed by atoms with Gasteiger partial charge in [-0.1, -0.05) is 42.5 Å². The van der Waals surface area contributed by atoms with Crippen molar-refractivity contribution in [2.75, 3.05) is 26.3 Å². The summed E-state index contributed by atoms with van der Waals surface area (Å²) in [4.78, 5) is 42.9. The molecule has 2 N–H and O–H groups in total. The summed E-state index contributed by atoms with van der Waals surface area (Å²) < 4.78 is 7.36. The average molecular weight is 548 g/mol. The first-order valence-corrected chi connectivity index (χ1v) is 14.6. The molecule has 0 bridgehead atoms. The van der Waals surface area contributed by atoms with Crippen molar-refractivity contribution in [2.45, 2.75) is 70.5 Å². The Morgan fingerprint density at radius 3 is 2.62 bits per heavy atom. The normalized spacial score (nSPS) is 26.3. The monoisotopic (exact) mass is 547 g/mol.